The number of imide groups is 2. The summed E-state index contributed by atoms with van der Waals surface area (Å²) in [5.74, 6) is -1.95. The minimum atomic E-state index is -0.880. The van der Waals surface area contributed by atoms with Crippen LogP contribution < -0.4 is 10.2 Å². The van der Waals surface area contributed by atoms with Crippen molar-refractivity contribution in [1.29, 1.82) is 0 Å². The molecule has 35 heavy (non-hydrogen) atoms. The number of urea groups is 1. The zero-order valence-electron chi connectivity index (χ0n) is 18.3. The molecule has 4 amide bonds. The van der Waals surface area contributed by atoms with E-state index in [0.29, 0.717) is 11.1 Å². The average molecular weight is 485 g/mol. The lowest BCUT2D eigenvalue weighted by Gasteiger charge is -2.27. The molecule has 0 radical (unpaired) electrons. The average Bonchev–Trinajstić information content (AvgIpc) is 2.85. The van der Waals surface area contributed by atoms with Gasteiger partial charge >= 0.3 is 6.03 Å². The number of carbonyl (C=O) groups excluding carboxylic acids is 3. The van der Waals surface area contributed by atoms with E-state index >= 15 is 0 Å². The van der Waals surface area contributed by atoms with Crippen molar-refractivity contribution in [3.63, 3.8) is 0 Å². The summed E-state index contributed by atoms with van der Waals surface area (Å²) in [4.78, 5) is 39.6. The van der Waals surface area contributed by atoms with Crippen LogP contribution >= 0.6 is 11.6 Å². The summed E-state index contributed by atoms with van der Waals surface area (Å²) >= 11 is 6.23. The molecule has 7 heteroatoms. The van der Waals surface area contributed by atoms with Gasteiger partial charge in [-0.2, -0.15) is 0 Å². The van der Waals surface area contributed by atoms with Crippen LogP contribution in [0, 0.1) is 5.82 Å². The van der Waals surface area contributed by atoms with E-state index in [2.05, 4.69) is 5.32 Å². The lowest BCUT2D eigenvalue weighted by Crippen LogP contribution is -2.54. The molecule has 1 heterocycles. The van der Waals surface area contributed by atoms with Crippen molar-refractivity contribution in [2.75, 3.05) is 4.90 Å². The van der Waals surface area contributed by atoms with Gasteiger partial charge in [0.1, 0.15) is 11.4 Å². The second kappa shape index (κ2) is 9.16. The van der Waals surface area contributed by atoms with Crippen molar-refractivity contribution in [2.45, 2.75) is 6.42 Å². The van der Waals surface area contributed by atoms with Crippen LogP contribution in [0.3, 0.4) is 0 Å². The van der Waals surface area contributed by atoms with E-state index in [4.69, 9.17) is 11.6 Å². The molecule has 0 unspecified atom stereocenters. The van der Waals surface area contributed by atoms with E-state index in [1.54, 1.807) is 36.4 Å². The summed E-state index contributed by atoms with van der Waals surface area (Å²) < 4.78 is 14.4. The first-order valence-corrected chi connectivity index (χ1v) is 11.2. The molecule has 4 aromatic rings. The first-order valence-electron chi connectivity index (χ1n) is 10.8. The molecule has 0 aromatic heterocycles. The first-order chi connectivity index (χ1) is 16.9. The summed E-state index contributed by atoms with van der Waals surface area (Å²) in [5.41, 5.74) is 1.74. The van der Waals surface area contributed by atoms with E-state index in [1.807, 2.05) is 36.4 Å². The number of carbonyl (C=O) groups is 3. The summed E-state index contributed by atoms with van der Waals surface area (Å²) in [5, 5.41) is 4.09. The van der Waals surface area contributed by atoms with Crippen molar-refractivity contribution in [1.82, 2.24) is 5.32 Å². The molecule has 0 saturated carbocycles. The molecule has 172 valence electrons. The number of fused-ring (bicyclic) bond motifs is 1. The summed E-state index contributed by atoms with van der Waals surface area (Å²) in [7, 11) is 0. The van der Waals surface area contributed by atoms with Gasteiger partial charge in [-0.05, 0) is 51.7 Å². The Morgan fingerprint density at radius 1 is 0.829 bits per heavy atom. The predicted octanol–water partition coefficient (Wildman–Crippen LogP) is 5.89. The van der Waals surface area contributed by atoms with Crippen LogP contribution in [0.1, 0.15) is 16.7 Å². The first kappa shape index (κ1) is 22.5. The second-order valence-corrected chi connectivity index (χ2v) is 8.44. The van der Waals surface area contributed by atoms with Crippen LogP contribution in [0.5, 0.6) is 0 Å². The number of barbiturate groups is 1. The standard InChI is InChI=1S/C28H18ClFN2O3/c29-23-10-4-6-12-25(23)32-27(34)22(26(33)31-28(32)35)16-21-18(15-19-8-2-5-11-24(19)30)14-13-17-7-1-3-9-20(17)21/h1-14,16H,15H2,(H,31,33,35)/b22-16+. The molecule has 0 bridgehead atoms. The van der Waals surface area contributed by atoms with Crippen LogP contribution in [-0.2, 0) is 16.0 Å². The van der Waals surface area contributed by atoms with Crippen LogP contribution in [0.2, 0.25) is 5.02 Å². The third-order valence-corrected chi connectivity index (χ3v) is 6.20. The predicted molar refractivity (Wildman–Crippen MR) is 134 cm³/mol. The molecular weight excluding hydrogens is 467 g/mol. The minimum Gasteiger partial charge on any atom is -0.273 e. The highest BCUT2D eigenvalue weighted by Gasteiger charge is 2.37. The van der Waals surface area contributed by atoms with Gasteiger partial charge in [0.15, 0.2) is 0 Å². The smallest absolute Gasteiger partial charge is 0.273 e. The third-order valence-electron chi connectivity index (χ3n) is 5.88. The SMILES string of the molecule is O=C1NC(=O)N(c2ccccc2Cl)C(=O)/C1=C/c1c(Cc2ccccc2F)ccc2ccccc12. The Hall–Kier alpha value is -4.29. The maximum absolute atomic E-state index is 14.4. The summed E-state index contributed by atoms with van der Waals surface area (Å²) in [6.07, 6.45) is 1.71. The van der Waals surface area contributed by atoms with Gasteiger partial charge < -0.3 is 0 Å². The van der Waals surface area contributed by atoms with E-state index in [1.165, 1.54) is 18.2 Å². The topological polar surface area (TPSA) is 66.5 Å². The molecular formula is C28H18ClFN2O3. The van der Waals surface area contributed by atoms with Crippen LogP contribution in [0.4, 0.5) is 14.9 Å². The number of anilines is 1. The molecule has 1 saturated heterocycles. The number of para-hydroxylation sites is 1. The van der Waals surface area contributed by atoms with Crippen molar-refractivity contribution >= 4 is 52.0 Å². The lowest BCUT2D eigenvalue weighted by molar-refractivity contribution is -0.122. The van der Waals surface area contributed by atoms with E-state index in [-0.39, 0.29) is 28.5 Å². The highest BCUT2D eigenvalue weighted by molar-refractivity contribution is 6.42. The molecule has 5 rings (SSSR count). The largest absolute Gasteiger partial charge is 0.335 e. The van der Waals surface area contributed by atoms with Crippen LogP contribution in [-0.4, -0.2) is 17.8 Å². The number of hydrogen-bond donors (Lipinski definition) is 1. The van der Waals surface area contributed by atoms with Gasteiger partial charge in [0.2, 0.25) is 0 Å². The third kappa shape index (κ3) is 4.20. The zero-order chi connectivity index (χ0) is 24.5. The van der Waals surface area contributed by atoms with Crippen molar-refractivity contribution in [2.24, 2.45) is 0 Å². The van der Waals surface area contributed by atoms with Gasteiger partial charge in [-0.3, -0.25) is 14.9 Å². The number of amides is 4. The normalized spacial score (nSPS) is 15.1. The summed E-state index contributed by atoms with van der Waals surface area (Å²) in [6, 6.07) is 23.2. The second-order valence-electron chi connectivity index (χ2n) is 8.04. The van der Waals surface area contributed by atoms with Crippen molar-refractivity contribution in [3.8, 4) is 0 Å². The Labute approximate surface area is 205 Å². The van der Waals surface area contributed by atoms with Crippen molar-refractivity contribution in [3.05, 3.63) is 118 Å². The molecule has 1 aliphatic heterocycles. The van der Waals surface area contributed by atoms with E-state index < -0.39 is 17.8 Å². The lowest BCUT2D eigenvalue weighted by atomic mass is 9.92. The maximum atomic E-state index is 14.4. The van der Waals surface area contributed by atoms with Crippen molar-refractivity contribution < 1.29 is 18.8 Å². The van der Waals surface area contributed by atoms with Gasteiger partial charge in [0.25, 0.3) is 11.8 Å². The fourth-order valence-electron chi connectivity index (χ4n) is 4.17. The molecule has 1 N–H and O–H groups in total. The van der Waals surface area contributed by atoms with Gasteiger partial charge in [-0.15, -0.1) is 0 Å². The number of benzene rings is 4. The van der Waals surface area contributed by atoms with Gasteiger partial charge in [0, 0.05) is 6.42 Å². The Morgan fingerprint density at radius 3 is 2.34 bits per heavy atom. The molecule has 4 aromatic carbocycles. The van der Waals surface area contributed by atoms with Gasteiger partial charge in [-0.25, -0.2) is 14.1 Å². The summed E-state index contributed by atoms with van der Waals surface area (Å²) in [6.45, 7) is 0. The molecule has 5 nitrogen and oxygen atoms in total. The molecule has 0 atom stereocenters. The molecule has 1 fully saturated rings. The Balaban J connectivity index is 1.67. The van der Waals surface area contributed by atoms with E-state index in [0.717, 1.165) is 21.2 Å². The quantitative estimate of drug-likeness (QED) is 0.290. The Kier molecular flexibility index (Phi) is 5.89. The van der Waals surface area contributed by atoms with Crippen LogP contribution in [0.15, 0.2) is 90.5 Å². The fourth-order valence-corrected chi connectivity index (χ4v) is 4.39. The maximum Gasteiger partial charge on any atom is 0.335 e. The van der Waals surface area contributed by atoms with Gasteiger partial charge in [0.05, 0.1) is 10.7 Å². The number of rotatable bonds is 4. The fraction of sp³-hybridized carbons (Fsp3) is 0.0357. The Morgan fingerprint density at radius 2 is 1.54 bits per heavy atom. The number of hydrogen-bond acceptors (Lipinski definition) is 3. The monoisotopic (exact) mass is 484 g/mol. The molecule has 1 aliphatic rings. The zero-order valence-corrected chi connectivity index (χ0v) is 19.1. The highest BCUT2D eigenvalue weighted by Crippen LogP contribution is 2.31. The Bertz CT molecular complexity index is 1550. The molecule has 0 spiro atoms. The highest BCUT2D eigenvalue weighted by atomic mass is 35.5. The van der Waals surface area contributed by atoms with Gasteiger partial charge in [-0.1, -0.05) is 78.3 Å². The number of halogens is 2. The van der Waals surface area contributed by atoms with E-state index in [9.17, 15) is 18.8 Å². The minimum absolute atomic E-state index is 0.166. The molecule has 0 aliphatic carbocycles. The number of nitrogens with zero attached hydrogens (tertiary/aromatic N) is 1. The van der Waals surface area contributed by atoms with Crippen LogP contribution in [0.25, 0.3) is 16.8 Å². The number of nitrogens with one attached hydrogen (secondary N) is 1.